The molecule has 0 atom stereocenters. The minimum Gasteiger partial charge on any atom is -0.296 e. The molecule has 0 N–H and O–H groups in total. The highest BCUT2D eigenvalue weighted by Crippen LogP contribution is 2.45. The van der Waals surface area contributed by atoms with Crippen LogP contribution in [0.5, 0.6) is 0 Å². The van der Waals surface area contributed by atoms with E-state index in [0.29, 0.717) is 0 Å². The molecule has 0 spiro atoms. The van der Waals surface area contributed by atoms with Crippen LogP contribution >= 0.6 is 0 Å². The van der Waals surface area contributed by atoms with E-state index < -0.39 is 0 Å². The molecule has 2 heteroatoms. The normalized spacial score (nSPS) is 11.3. The lowest BCUT2D eigenvalue weighted by atomic mass is 9.87. The number of nitrogens with zero attached hydrogens (tertiary/aromatic N) is 2. The molecule has 6 rings (SSSR count). The number of benzene rings is 4. The zero-order valence-corrected chi connectivity index (χ0v) is 17.9. The van der Waals surface area contributed by atoms with E-state index in [2.05, 4.69) is 127 Å². The molecular weight excluding hydrogens is 388 g/mol. The van der Waals surface area contributed by atoms with Crippen molar-refractivity contribution in [3.05, 3.63) is 121 Å². The first-order valence-corrected chi connectivity index (χ1v) is 10.9. The third-order valence-electron chi connectivity index (χ3n) is 6.17. The van der Waals surface area contributed by atoms with Crippen LogP contribution in [0.3, 0.4) is 0 Å². The highest BCUT2D eigenvalue weighted by atomic mass is 15.0. The van der Waals surface area contributed by atoms with Gasteiger partial charge in [-0.1, -0.05) is 103 Å². The largest absolute Gasteiger partial charge is 0.296 e. The van der Waals surface area contributed by atoms with Gasteiger partial charge in [0.15, 0.2) is 0 Å². The smallest absolute Gasteiger partial charge is 0.146 e. The van der Waals surface area contributed by atoms with Gasteiger partial charge >= 0.3 is 0 Å². The molecule has 32 heavy (non-hydrogen) atoms. The van der Waals surface area contributed by atoms with E-state index in [1.807, 2.05) is 0 Å². The molecule has 152 valence electrons. The SMILES string of the molecule is Cc1c(-c2ccccc2)c(-c2ccccc2)c(-c2ccccc2)c2nc3ccccc3n12. The monoisotopic (exact) mass is 410 g/mol. The number of para-hydroxylation sites is 2. The first-order chi connectivity index (χ1) is 15.8. The van der Waals surface area contributed by atoms with Crippen LogP contribution in [-0.4, -0.2) is 9.38 Å². The summed E-state index contributed by atoms with van der Waals surface area (Å²) in [5.74, 6) is 0. The molecular formula is C30H22N2. The molecule has 2 nitrogen and oxygen atoms in total. The van der Waals surface area contributed by atoms with Crippen molar-refractivity contribution in [2.24, 2.45) is 0 Å². The van der Waals surface area contributed by atoms with Gasteiger partial charge in [-0.3, -0.25) is 4.40 Å². The molecule has 0 saturated heterocycles. The summed E-state index contributed by atoms with van der Waals surface area (Å²) in [4.78, 5) is 5.14. The Morgan fingerprint density at radius 3 is 1.56 bits per heavy atom. The Labute approximate surface area is 187 Å². The van der Waals surface area contributed by atoms with Gasteiger partial charge in [-0.2, -0.15) is 0 Å². The molecule has 2 aromatic heterocycles. The van der Waals surface area contributed by atoms with E-state index in [1.54, 1.807) is 0 Å². The molecule has 0 fully saturated rings. The standard InChI is InChI=1S/C30H22N2/c1-21-27(22-13-5-2-6-14-22)28(23-15-7-3-8-16-23)29(24-17-9-4-10-18-24)30-31-25-19-11-12-20-26(25)32(21)30/h2-20H,1H3. The van der Waals surface area contributed by atoms with Crippen molar-refractivity contribution in [3.63, 3.8) is 0 Å². The van der Waals surface area contributed by atoms with Gasteiger partial charge < -0.3 is 0 Å². The van der Waals surface area contributed by atoms with Gasteiger partial charge in [0.25, 0.3) is 0 Å². The highest BCUT2D eigenvalue weighted by Gasteiger charge is 2.23. The summed E-state index contributed by atoms with van der Waals surface area (Å²) < 4.78 is 2.33. The van der Waals surface area contributed by atoms with Gasteiger partial charge in [-0.05, 0) is 35.7 Å². The average molecular weight is 411 g/mol. The predicted molar refractivity (Wildman–Crippen MR) is 134 cm³/mol. The van der Waals surface area contributed by atoms with Crippen molar-refractivity contribution in [1.82, 2.24) is 9.38 Å². The lowest BCUT2D eigenvalue weighted by Crippen LogP contribution is -2.02. The van der Waals surface area contributed by atoms with Gasteiger partial charge in [0.2, 0.25) is 0 Å². The van der Waals surface area contributed by atoms with Crippen molar-refractivity contribution in [3.8, 4) is 33.4 Å². The molecule has 0 unspecified atom stereocenters. The third-order valence-corrected chi connectivity index (χ3v) is 6.17. The van der Waals surface area contributed by atoms with Crippen molar-refractivity contribution in [2.45, 2.75) is 6.92 Å². The van der Waals surface area contributed by atoms with Crippen LogP contribution in [0.4, 0.5) is 0 Å². The van der Waals surface area contributed by atoms with Crippen molar-refractivity contribution < 1.29 is 0 Å². The van der Waals surface area contributed by atoms with Gasteiger partial charge in [-0.15, -0.1) is 0 Å². The first-order valence-electron chi connectivity index (χ1n) is 10.9. The first kappa shape index (κ1) is 18.6. The Morgan fingerprint density at radius 1 is 0.500 bits per heavy atom. The summed E-state index contributed by atoms with van der Waals surface area (Å²) in [5.41, 5.74) is 11.5. The molecule has 0 saturated carbocycles. The number of aromatic nitrogens is 2. The molecule has 0 aliphatic rings. The summed E-state index contributed by atoms with van der Waals surface area (Å²) in [6, 6.07) is 40.5. The Kier molecular flexibility index (Phi) is 4.36. The van der Waals surface area contributed by atoms with Gasteiger partial charge in [0, 0.05) is 22.4 Å². The van der Waals surface area contributed by atoms with E-state index in [4.69, 9.17) is 4.98 Å². The fraction of sp³-hybridized carbons (Fsp3) is 0.0333. The van der Waals surface area contributed by atoms with E-state index in [-0.39, 0.29) is 0 Å². The highest BCUT2D eigenvalue weighted by molar-refractivity contribution is 6.03. The van der Waals surface area contributed by atoms with E-state index in [1.165, 1.54) is 33.5 Å². The fourth-order valence-electron chi connectivity index (χ4n) is 4.79. The quantitative estimate of drug-likeness (QED) is 0.291. The average Bonchev–Trinajstić information content (AvgIpc) is 3.25. The van der Waals surface area contributed by atoms with Crippen LogP contribution in [0.2, 0.25) is 0 Å². The van der Waals surface area contributed by atoms with Gasteiger partial charge in [-0.25, -0.2) is 4.98 Å². The molecule has 0 aliphatic heterocycles. The zero-order valence-electron chi connectivity index (χ0n) is 17.9. The van der Waals surface area contributed by atoms with Crippen LogP contribution in [0.25, 0.3) is 50.1 Å². The minimum atomic E-state index is 0.994. The van der Waals surface area contributed by atoms with E-state index >= 15 is 0 Å². The molecule has 4 aromatic carbocycles. The number of hydrogen-bond donors (Lipinski definition) is 0. The number of imidazole rings is 1. The van der Waals surface area contributed by atoms with Gasteiger partial charge in [0.1, 0.15) is 5.65 Å². The molecule has 0 aliphatic carbocycles. The topological polar surface area (TPSA) is 17.3 Å². The number of pyridine rings is 1. The fourth-order valence-corrected chi connectivity index (χ4v) is 4.79. The molecule has 2 heterocycles. The number of hydrogen-bond acceptors (Lipinski definition) is 1. The van der Waals surface area contributed by atoms with Crippen LogP contribution in [0.15, 0.2) is 115 Å². The number of aryl methyl sites for hydroxylation is 1. The molecule has 0 bridgehead atoms. The van der Waals surface area contributed by atoms with Crippen LogP contribution in [0, 0.1) is 6.92 Å². The Morgan fingerprint density at radius 2 is 0.969 bits per heavy atom. The van der Waals surface area contributed by atoms with Crippen LogP contribution < -0.4 is 0 Å². The summed E-state index contributed by atoms with van der Waals surface area (Å²) in [7, 11) is 0. The molecule has 6 aromatic rings. The predicted octanol–water partition coefficient (Wildman–Crippen LogP) is 7.80. The number of fused-ring (bicyclic) bond motifs is 3. The lowest BCUT2D eigenvalue weighted by Gasteiger charge is -2.21. The number of rotatable bonds is 3. The Hall–Kier alpha value is -4.17. The summed E-state index contributed by atoms with van der Waals surface area (Å²) in [6.07, 6.45) is 0. The van der Waals surface area contributed by atoms with E-state index in [0.717, 1.165) is 22.2 Å². The third kappa shape index (κ3) is 2.84. The second-order valence-electron chi connectivity index (χ2n) is 8.07. The molecule has 0 amide bonds. The maximum atomic E-state index is 5.14. The van der Waals surface area contributed by atoms with Gasteiger partial charge in [0.05, 0.1) is 11.0 Å². The van der Waals surface area contributed by atoms with E-state index in [9.17, 15) is 0 Å². The minimum absolute atomic E-state index is 0.994. The van der Waals surface area contributed by atoms with Crippen molar-refractivity contribution >= 4 is 16.7 Å². The second kappa shape index (κ2) is 7.51. The van der Waals surface area contributed by atoms with Crippen molar-refractivity contribution in [2.75, 3.05) is 0 Å². The summed E-state index contributed by atoms with van der Waals surface area (Å²) >= 11 is 0. The summed E-state index contributed by atoms with van der Waals surface area (Å²) in [6.45, 7) is 2.21. The van der Waals surface area contributed by atoms with Crippen LogP contribution in [0.1, 0.15) is 5.69 Å². The Bertz CT molecular complexity index is 1550. The zero-order chi connectivity index (χ0) is 21.5. The molecule has 0 radical (unpaired) electrons. The van der Waals surface area contributed by atoms with Crippen LogP contribution in [-0.2, 0) is 0 Å². The maximum absolute atomic E-state index is 5.14. The second-order valence-corrected chi connectivity index (χ2v) is 8.07. The lowest BCUT2D eigenvalue weighted by molar-refractivity contribution is 1.13. The summed E-state index contributed by atoms with van der Waals surface area (Å²) in [5, 5.41) is 0. The Balaban J connectivity index is 1.90. The van der Waals surface area contributed by atoms with Crippen molar-refractivity contribution in [1.29, 1.82) is 0 Å². The maximum Gasteiger partial charge on any atom is 0.146 e.